The summed E-state index contributed by atoms with van der Waals surface area (Å²) in [7, 11) is 3.12. The number of rotatable bonds is 7. The molecule has 0 aliphatic carbocycles. The second-order valence-corrected chi connectivity index (χ2v) is 4.10. The second kappa shape index (κ2) is 7.28. The molecule has 1 aromatic heterocycles. The fourth-order valence-corrected chi connectivity index (χ4v) is 1.64. The average molecular weight is 290 g/mol. The summed E-state index contributed by atoms with van der Waals surface area (Å²) in [4.78, 5) is 12.3. The van der Waals surface area contributed by atoms with Crippen LogP contribution in [0.3, 0.4) is 0 Å². The molecule has 0 aliphatic heterocycles. The maximum absolute atomic E-state index is 5.58. The van der Waals surface area contributed by atoms with Crippen molar-refractivity contribution in [2.45, 2.75) is 13.5 Å². The molecule has 1 aromatic carbocycles. The van der Waals surface area contributed by atoms with Crippen LogP contribution in [0.2, 0.25) is 0 Å². The monoisotopic (exact) mass is 290 g/mol. The van der Waals surface area contributed by atoms with Crippen LogP contribution in [0.15, 0.2) is 24.3 Å². The predicted octanol–water partition coefficient (Wildman–Crippen LogP) is 1.90. The molecular formula is C14H18N4O3. The Labute approximate surface area is 123 Å². The molecule has 0 amide bonds. The largest absolute Gasteiger partial charge is 0.497 e. The fraction of sp³-hybridized carbons (Fsp3) is 0.357. The summed E-state index contributed by atoms with van der Waals surface area (Å²) in [5.41, 5.74) is 0.957. The summed E-state index contributed by atoms with van der Waals surface area (Å²) >= 11 is 0. The zero-order chi connectivity index (χ0) is 15.1. The molecule has 7 heteroatoms. The van der Waals surface area contributed by atoms with Crippen LogP contribution >= 0.6 is 0 Å². The third-order valence-corrected chi connectivity index (χ3v) is 2.61. The molecule has 0 unspecified atom stereocenters. The Morgan fingerprint density at radius 1 is 1.05 bits per heavy atom. The summed E-state index contributed by atoms with van der Waals surface area (Å²) in [6.45, 7) is 2.98. The highest BCUT2D eigenvalue weighted by molar-refractivity contribution is 5.29. The number of methoxy groups -OCH3 is 2. The molecule has 0 saturated carbocycles. The van der Waals surface area contributed by atoms with E-state index in [-0.39, 0.29) is 12.0 Å². The highest BCUT2D eigenvalue weighted by Crippen LogP contribution is 2.16. The first-order valence-electron chi connectivity index (χ1n) is 6.54. The minimum atomic E-state index is 0.209. The maximum Gasteiger partial charge on any atom is 0.324 e. The lowest BCUT2D eigenvalue weighted by Gasteiger charge is -2.08. The molecule has 2 aromatic rings. The molecule has 0 radical (unpaired) electrons. The van der Waals surface area contributed by atoms with Crippen LogP contribution in [-0.2, 0) is 6.61 Å². The lowest BCUT2D eigenvalue weighted by Crippen LogP contribution is -2.08. The van der Waals surface area contributed by atoms with Gasteiger partial charge >= 0.3 is 12.0 Å². The summed E-state index contributed by atoms with van der Waals surface area (Å²) in [5, 5.41) is 3.00. The van der Waals surface area contributed by atoms with E-state index in [0.29, 0.717) is 19.1 Å². The van der Waals surface area contributed by atoms with Gasteiger partial charge < -0.3 is 19.5 Å². The van der Waals surface area contributed by atoms with Crippen LogP contribution < -0.4 is 19.5 Å². The SMILES string of the molecule is CCNc1nc(OC)nc(OCc2cccc(OC)c2)n1. The van der Waals surface area contributed by atoms with Gasteiger partial charge in [-0.2, -0.15) is 9.97 Å². The smallest absolute Gasteiger partial charge is 0.324 e. The number of hydrogen-bond acceptors (Lipinski definition) is 7. The molecule has 1 heterocycles. The van der Waals surface area contributed by atoms with Gasteiger partial charge in [0.1, 0.15) is 12.4 Å². The fourth-order valence-electron chi connectivity index (χ4n) is 1.64. The molecule has 0 saturated heterocycles. The third kappa shape index (κ3) is 4.20. The first kappa shape index (κ1) is 14.8. The standard InChI is InChI=1S/C14H18N4O3/c1-4-15-12-16-13(20-3)18-14(17-12)21-9-10-6-5-7-11(8-10)19-2/h5-8H,4,9H2,1-3H3,(H,15,16,17,18). The first-order valence-corrected chi connectivity index (χ1v) is 6.54. The van der Waals surface area contributed by atoms with Gasteiger partial charge in [0, 0.05) is 6.54 Å². The van der Waals surface area contributed by atoms with Crippen LogP contribution in [-0.4, -0.2) is 35.7 Å². The molecule has 7 nitrogen and oxygen atoms in total. The maximum atomic E-state index is 5.58. The Bertz CT molecular complexity index is 592. The van der Waals surface area contributed by atoms with Crippen molar-refractivity contribution in [3.05, 3.63) is 29.8 Å². The Kier molecular flexibility index (Phi) is 5.14. The van der Waals surface area contributed by atoms with E-state index in [9.17, 15) is 0 Å². The van der Waals surface area contributed by atoms with Crippen molar-refractivity contribution in [1.82, 2.24) is 15.0 Å². The van der Waals surface area contributed by atoms with Crippen molar-refractivity contribution >= 4 is 5.95 Å². The van der Waals surface area contributed by atoms with Crippen molar-refractivity contribution in [1.29, 1.82) is 0 Å². The molecule has 0 bridgehead atoms. The Morgan fingerprint density at radius 2 is 1.86 bits per heavy atom. The van der Waals surface area contributed by atoms with Crippen LogP contribution in [0.4, 0.5) is 5.95 Å². The van der Waals surface area contributed by atoms with Gasteiger partial charge in [0.15, 0.2) is 0 Å². The van der Waals surface area contributed by atoms with Crippen LogP contribution in [0.5, 0.6) is 17.8 Å². The number of anilines is 1. The lowest BCUT2D eigenvalue weighted by molar-refractivity contribution is 0.270. The number of hydrogen-bond donors (Lipinski definition) is 1. The zero-order valence-corrected chi connectivity index (χ0v) is 12.3. The van der Waals surface area contributed by atoms with Crippen LogP contribution in [0.1, 0.15) is 12.5 Å². The van der Waals surface area contributed by atoms with E-state index in [1.165, 1.54) is 7.11 Å². The van der Waals surface area contributed by atoms with Crippen molar-refractivity contribution in [2.75, 3.05) is 26.1 Å². The first-order chi connectivity index (χ1) is 10.2. The third-order valence-electron chi connectivity index (χ3n) is 2.61. The molecule has 112 valence electrons. The lowest BCUT2D eigenvalue weighted by atomic mass is 10.2. The van der Waals surface area contributed by atoms with Crippen molar-refractivity contribution in [2.24, 2.45) is 0 Å². The van der Waals surface area contributed by atoms with Gasteiger partial charge in [0.2, 0.25) is 5.95 Å². The molecule has 21 heavy (non-hydrogen) atoms. The quantitative estimate of drug-likeness (QED) is 0.834. The van der Waals surface area contributed by atoms with E-state index in [1.54, 1.807) is 7.11 Å². The van der Waals surface area contributed by atoms with Gasteiger partial charge in [-0.1, -0.05) is 12.1 Å². The van der Waals surface area contributed by atoms with E-state index < -0.39 is 0 Å². The molecule has 0 spiro atoms. The van der Waals surface area contributed by atoms with Crippen molar-refractivity contribution in [3.63, 3.8) is 0 Å². The minimum absolute atomic E-state index is 0.209. The number of nitrogens with one attached hydrogen (secondary N) is 1. The highest BCUT2D eigenvalue weighted by Gasteiger charge is 2.07. The predicted molar refractivity (Wildman–Crippen MR) is 77.9 cm³/mol. The molecule has 1 N–H and O–H groups in total. The average Bonchev–Trinajstić information content (AvgIpc) is 2.53. The van der Waals surface area contributed by atoms with E-state index >= 15 is 0 Å². The second-order valence-electron chi connectivity index (χ2n) is 4.10. The Morgan fingerprint density at radius 3 is 2.57 bits per heavy atom. The summed E-state index contributed by atoms with van der Waals surface area (Å²) in [6.07, 6.45) is 0. The number of nitrogens with zero attached hydrogens (tertiary/aromatic N) is 3. The van der Waals surface area contributed by atoms with Crippen molar-refractivity contribution < 1.29 is 14.2 Å². The van der Waals surface area contributed by atoms with Crippen molar-refractivity contribution in [3.8, 4) is 17.8 Å². The summed E-state index contributed by atoms with van der Waals surface area (Å²) < 4.78 is 15.8. The van der Waals surface area contributed by atoms with Gasteiger partial charge in [-0.25, -0.2) is 0 Å². The highest BCUT2D eigenvalue weighted by atomic mass is 16.5. The van der Waals surface area contributed by atoms with E-state index in [4.69, 9.17) is 14.2 Å². The topological polar surface area (TPSA) is 78.4 Å². The van der Waals surface area contributed by atoms with E-state index in [2.05, 4.69) is 20.3 Å². The molecule has 0 aliphatic rings. The van der Waals surface area contributed by atoms with Crippen LogP contribution in [0.25, 0.3) is 0 Å². The van der Waals surface area contributed by atoms with Gasteiger partial charge in [-0.3, -0.25) is 0 Å². The van der Waals surface area contributed by atoms with Gasteiger partial charge in [-0.05, 0) is 24.6 Å². The van der Waals surface area contributed by atoms with Gasteiger partial charge in [-0.15, -0.1) is 4.98 Å². The molecule has 2 rings (SSSR count). The summed E-state index contributed by atoms with van der Waals surface area (Å²) in [6, 6.07) is 8.02. The molecule has 0 atom stereocenters. The van der Waals surface area contributed by atoms with Gasteiger partial charge in [0.05, 0.1) is 14.2 Å². The molecule has 0 fully saturated rings. The Balaban J connectivity index is 2.09. The summed E-state index contributed by atoms with van der Waals surface area (Å²) in [5.74, 6) is 1.20. The minimum Gasteiger partial charge on any atom is -0.497 e. The number of aromatic nitrogens is 3. The zero-order valence-electron chi connectivity index (χ0n) is 12.3. The normalized spacial score (nSPS) is 10.0. The van der Waals surface area contributed by atoms with Gasteiger partial charge in [0.25, 0.3) is 0 Å². The number of benzene rings is 1. The van der Waals surface area contributed by atoms with E-state index in [0.717, 1.165) is 11.3 Å². The molecular weight excluding hydrogens is 272 g/mol. The number of ether oxygens (including phenoxy) is 3. The van der Waals surface area contributed by atoms with E-state index in [1.807, 2.05) is 31.2 Å². The Hall–Kier alpha value is -2.57. The van der Waals surface area contributed by atoms with Crippen LogP contribution in [0, 0.1) is 0 Å².